The summed E-state index contributed by atoms with van der Waals surface area (Å²) in [6.07, 6.45) is 0.498. The van der Waals surface area contributed by atoms with Crippen LogP contribution in [0.4, 0.5) is 0 Å². The Bertz CT molecular complexity index is 557. The third-order valence-electron chi connectivity index (χ3n) is 4.64. The van der Waals surface area contributed by atoms with Crippen LogP contribution in [0.2, 0.25) is 0 Å². The van der Waals surface area contributed by atoms with E-state index in [1.165, 1.54) is 5.56 Å². The van der Waals surface area contributed by atoms with Gasteiger partial charge < -0.3 is 15.4 Å². The van der Waals surface area contributed by atoms with Gasteiger partial charge in [-0.25, -0.2) is 0 Å². The first kappa shape index (κ1) is 20.8. The van der Waals surface area contributed by atoms with Crippen LogP contribution in [0.1, 0.15) is 46.6 Å². The second kappa shape index (κ2) is 8.21. The lowest BCUT2D eigenvalue weighted by atomic mass is 9.87. The Kier molecular flexibility index (Phi) is 7.11. The molecule has 0 spiro atoms. The lowest BCUT2D eigenvalue weighted by Gasteiger charge is -2.26. The molecule has 4 nitrogen and oxygen atoms in total. The molecule has 1 heterocycles. The maximum Gasteiger partial charge on any atom is 0.263 e. The average Bonchev–Trinajstić information content (AvgIpc) is 2.87. The molecule has 2 N–H and O–H groups in total. The van der Waals surface area contributed by atoms with E-state index in [1.54, 1.807) is 0 Å². The summed E-state index contributed by atoms with van der Waals surface area (Å²) in [5.74, 6) is 1.21. The number of benzene rings is 1. The van der Waals surface area contributed by atoms with E-state index >= 15 is 0 Å². The van der Waals surface area contributed by atoms with Gasteiger partial charge in [-0.1, -0.05) is 32.9 Å². The zero-order chi connectivity index (χ0) is 17.2. The maximum atomic E-state index is 12.7. The molecular weight excluding hydrogens is 324 g/mol. The van der Waals surface area contributed by atoms with E-state index in [0.717, 1.165) is 18.7 Å². The SMILES string of the molecule is CC(Oc1cccc(C(C)(C)C)c1)C(=O)N1CC(CN)CC1C.Cl. The zero-order valence-electron chi connectivity index (χ0n) is 15.4. The summed E-state index contributed by atoms with van der Waals surface area (Å²) >= 11 is 0. The zero-order valence-corrected chi connectivity index (χ0v) is 16.2. The Labute approximate surface area is 152 Å². The summed E-state index contributed by atoms with van der Waals surface area (Å²) in [5.41, 5.74) is 7.01. The average molecular weight is 355 g/mol. The summed E-state index contributed by atoms with van der Waals surface area (Å²) in [7, 11) is 0. The van der Waals surface area contributed by atoms with Crippen LogP contribution in [-0.2, 0) is 10.2 Å². The van der Waals surface area contributed by atoms with Gasteiger partial charge in [0, 0.05) is 12.6 Å². The van der Waals surface area contributed by atoms with Crippen molar-refractivity contribution in [3.05, 3.63) is 29.8 Å². The fourth-order valence-corrected chi connectivity index (χ4v) is 3.14. The van der Waals surface area contributed by atoms with E-state index in [2.05, 4.69) is 33.8 Å². The van der Waals surface area contributed by atoms with Crippen molar-refractivity contribution in [1.29, 1.82) is 0 Å². The van der Waals surface area contributed by atoms with Crippen LogP contribution >= 0.6 is 12.4 Å². The number of nitrogens with two attached hydrogens (primary N) is 1. The molecule has 5 heteroatoms. The van der Waals surface area contributed by atoms with Gasteiger partial charge in [0.2, 0.25) is 0 Å². The van der Waals surface area contributed by atoms with Gasteiger partial charge in [-0.2, -0.15) is 0 Å². The minimum absolute atomic E-state index is 0. The number of carbonyl (C=O) groups excluding carboxylic acids is 1. The molecule has 3 atom stereocenters. The molecule has 1 aliphatic heterocycles. The fourth-order valence-electron chi connectivity index (χ4n) is 3.14. The maximum absolute atomic E-state index is 12.7. The Morgan fingerprint density at radius 1 is 1.42 bits per heavy atom. The number of halogens is 1. The topological polar surface area (TPSA) is 55.6 Å². The highest BCUT2D eigenvalue weighted by Crippen LogP contribution is 2.27. The Morgan fingerprint density at radius 2 is 2.08 bits per heavy atom. The van der Waals surface area contributed by atoms with Gasteiger partial charge in [-0.3, -0.25) is 4.79 Å². The van der Waals surface area contributed by atoms with Crippen molar-refractivity contribution in [2.45, 2.75) is 58.6 Å². The van der Waals surface area contributed by atoms with Crippen molar-refractivity contribution < 1.29 is 9.53 Å². The highest BCUT2D eigenvalue weighted by molar-refractivity contribution is 5.85. The summed E-state index contributed by atoms with van der Waals surface area (Å²) < 4.78 is 5.92. The molecule has 1 fully saturated rings. The molecule has 1 aromatic rings. The van der Waals surface area contributed by atoms with Gasteiger partial charge in [0.15, 0.2) is 6.10 Å². The van der Waals surface area contributed by atoms with E-state index < -0.39 is 6.10 Å². The number of hydrogen-bond donors (Lipinski definition) is 1. The molecule has 1 saturated heterocycles. The Morgan fingerprint density at radius 3 is 2.62 bits per heavy atom. The molecule has 3 unspecified atom stereocenters. The molecule has 0 radical (unpaired) electrons. The van der Waals surface area contributed by atoms with Crippen molar-refractivity contribution in [2.75, 3.05) is 13.1 Å². The van der Waals surface area contributed by atoms with E-state index in [9.17, 15) is 4.79 Å². The highest BCUT2D eigenvalue weighted by atomic mass is 35.5. The predicted molar refractivity (Wildman–Crippen MR) is 101 cm³/mol. The monoisotopic (exact) mass is 354 g/mol. The summed E-state index contributed by atoms with van der Waals surface area (Å²) in [4.78, 5) is 14.6. The molecule has 1 aromatic carbocycles. The number of rotatable bonds is 4. The molecule has 0 aromatic heterocycles. The first-order valence-electron chi connectivity index (χ1n) is 8.50. The molecule has 2 rings (SSSR count). The number of likely N-dealkylation sites (tertiary alicyclic amines) is 1. The normalized spacial score (nSPS) is 22.0. The van der Waals surface area contributed by atoms with Crippen molar-refractivity contribution in [3.63, 3.8) is 0 Å². The summed E-state index contributed by atoms with van der Waals surface area (Å²) in [5, 5.41) is 0. The molecule has 1 aliphatic rings. The fraction of sp³-hybridized carbons (Fsp3) is 0.632. The van der Waals surface area contributed by atoms with Crippen molar-refractivity contribution in [3.8, 4) is 5.75 Å². The molecule has 0 aliphatic carbocycles. The Balaban J connectivity index is 0.00000288. The Hall–Kier alpha value is -1.26. The minimum atomic E-state index is -0.482. The largest absolute Gasteiger partial charge is 0.481 e. The van der Waals surface area contributed by atoms with Crippen molar-refractivity contribution in [2.24, 2.45) is 11.7 Å². The lowest BCUT2D eigenvalue weighted by molar-refractivity contribution is -0.138. The summed E-state index contributed by atoms with van der Waals surface area (Å²) in [6, 6.07) is 8.25. The first-order valence-corrected chi connectivity index (χ1v) is 8.50. The molecule has 0 bridgehead atoms. The van der Waals surface area contributed by atoms with E-state index in [1.807, 2.05) is 30.0 Å². The van der Waals surface area contributed by atoms with Gasteiger partial charge in [0.25, 0.3) is 5.91 Å². The van der Waals surface area contributed by atoms with Crippen molar-refractivity contribution in [1.82, 2.24) is 4.90 Å². The van der Waals surface area contributed by atoms with Gasteiger partial charge in [-0.15, -0.1) is 12.4 Å². The van der Waals surface area contributed by atoms with Crippen LogP contribution in [0, 0.1) is 5.92 Å². The molecule has 136 valence electrons. The van der Waals surface area contributed by atoms with E-state index in [4.69, 9.17) is 10.5 Å². The van der Waals surface area contributed by atoms with Crippen LogP contribution in [0.25, 0.3) is 0 Å². The number of ether oxygens (including phenoxy) is 1. The van der Waals surface area contributed by atoms with Crippen LogP contribution in [0.3, 0.4) is 0 Å². The van der Waals surface area contributed by atoms with E-state index in [0.29, 0.717) is 12.5 Å². The highest BCUT2D eigenvalue weighted by Gasteiger charge is 2.34. The summed E-state index contributed by atoms with van der Waals surface area (Å²) in [6.45, 7) is 11.8. The quantitative estimate of drug-likeness (QED) is 0.901. The molecule has 0 saturated carbocycles. The second-order valence-electron chi connectivity index (χ2n) is 7.71. The number of amides is 1. The smallest absolute Gasteiger partial charge is 0.263 e. The number of nitrogens with zero attached hydrogens (tertiary/aromatic N) is 1. The molecular formula is C19H31ClN2O2. The predicted octanol–water partition coefficient (Wildman–Crippen LogP) is 3.37. The standard InChI is InChI=1S/C19H30N2O2.ClH/c1-13-9-15(11-20)12-21(13)18(22)14(2)23-17-8-6-7-16(10-17)19(3,4)5;/h6-8,10,13-15H,9,11-12,20H2,1-5H3;1H. The first-order chi connectivity index (χ1) is 10.7. The number of carbonyl (C=O) groups is 1. The van der Waals surface area contributed by atoms with Crippen LogP contribution in [0.15, 0.2) is 24.3 Å². The molecule has 1 amide bonds. The molecule has 24 heavy (non-hydrogen) atoms. The van der Waals surface area contributed by atoms with Gasteiger partial charge in [0.1, 0.15) is 5.75 Å². The minimum Gasteiger partial charge on any atom is -0.481 e. The lowest BCUT2D eigenvalue weighted by Crippen LogP contribution is -2.42. The second-order valence-corrected chi connectivity index (χ2v) is 7.71. The van der Waals surface area contributed by atoms with Crippen LogP contribution < -0.4 is 10.5 Å². The third-order valence-corrected chi connectivity index (χ3v) is 4.64. The van der Waals surface area contributed by atoms with E-state index in [-0.39, 0.29) is 29.8 Å². The van der Waals surface area contributed by atoms with Crippen LogP contribution in [0.5, 0.6) is 5.75 Å². The third kappa shape index (κ3) is 4.87. The van der Waals surface area contributed by atoms with Gasteiger partial charge >= 0.3 is 0 Å². The van der Waals surface area contributed by atoms with Gasteiger partial charge in [0.05, 0.1) is 0 Å². The van der Waals surface area contributed by atoms with Crippen molar-refractivity contribution >= 4 is 18.3 Å². The van der Waals surface area contributed by atoms with Crippen LogP contribution in [-0.4, -0.2) is 36.0 Å². The number of hydrogen-bond acceptors (Lipinski definition) is 3. The van der Waals surface area contributed by atoms with Gasteiger partial charge in [-0.05, 0) is 55.8 Å².